The van der Waals surface area contributed by atoms with Crippen LogP contribution in [0.5, 0.6) is 0 Å². The van der Waals surface area contributed by atoms with Crippen LogP contribution in [0.1, 0.15) is 19.8 Å². The average Bonchev–Trinajstić information content (AvgIpc) is 2.92. The normalized spacial score (nSPS) is 17.9. The SMILES string of the molecule is CC(CNC1CC1)NCCn1cncn1. The molecule has 1 aliphatic carbocycles. The molecule has 1 aliphatic rings. The number of rotatable bonds is 7. The van der Waals surface area contributed by atoms with Crippen molar-refractivity contribution in [3.05, 3.63) is 12.7 Å². The molecule has 1 saturated carbocycles. The van der Waals surface area contributed by atoms with Crippen molar-refractivity contribution in [2.24, 2.45) is 0 Å². The minimum Gasteiger partial charge on any atom is -0.312 e. The summed E-state index contributed by atoms with van der Waals surface area (Å²) in [4.78, 5) is 3.90. The zero-order valence-electron chi connectivity index (χ0n) is 9.19. The van der Waals surface area contributed by atoms with Gasteiger partial charge < -0.3 is 10.6 Å². The Bertz CT molecular complexity index is 267. The maximum absolute atomic E-state index is 4.05. The highest BCUT2D eigenvalue weighted by Crippen LogP contribution is 2.18. The van der Waals surface area contributed by atoms with Crippen LogP contribution in [0, 0.1) is 0 Å². The van der Waals surface area contributed by atoms with Crippen molar-refractivity contribution < 1.29 is 0 Å². The van der Waals surface area contributed by atoms with Gasteiger partial charge in [0.15, 0.2) is 0 Å². The molecule has 2 N–H and O–H groups in total. The summed E-state index contributed by atoms with van der Waals surface area (Å²) in [5.41, 5.74) is 0. The third-order valence-electron chi connectivity index (χ3n) is 2.59. The van der Waals surface area contributed by atoms with Crippen molar-refractivity contribution in [1.82, 2.24) is 25.4 Å². The van der Waals surface area contributed by atoms with Crippen LogP contribution in [0.3, 0.4) is 0 Å². The minimum absolute atomic E-state index is 0.522. The van der Waals surface area contributed by atoms with Gasteiger partial charge >= 0.3 is 0 Å². The largest absolute Gasteiger partial charge is 0.312 e. The lowest BCUT2D eigenvalue weighted by atomic mass is 10.3. The van der Waals surface area contributed by atoms with Crippen molar-refractivity contribution in [1.29, 1.82) is 0 Å². The van der Waals surface area contributed by atoms with Crippen molar-refractivity contribution in [3.8, 4) is 0 Å². The van der Waals surface area contributed by atoms with Crippen LogP contribution < -0.4 is 10.6 Å². The molecule has 1 aromatic rings. The molecule has 0 aliphatic heterocycles. The molecular formula is C10H19N5. The monoisotopic (exact) mass is 209 g/mol. The lowest BCUT2D eigenvalue weighted by Gasteiger charge is -2.14. The fraction of sp³-hybridized carbons (Fsp3) is 0.800. The van der Waals surface area contributed by atoms with Crippen LogP contribution in [0.15, 0.2) is 12.7 Å². The molecule has 0 saturated heterocycles. The molecule has 1 unspecified atom stereocenters. The first-order valence-corrected chi connectivity index (χ1v) is 5.64. The topological polar surface area (TPSA) is 54.8 Å². The predicted octanol–water partition coefficient (Wildman–Crippen LogP) is 0.00820. The molecule has 0 radical (unpaired) electrons. The van der Waals surface area contributed by atoms with Crippen molar-refractivity contribution in [2.45, 2.75) is 38.4 Å². The van der Waals surface area contributed by atoms with Crippen LogP contribution in [0.2, 0.25) is 0 Å². The van der Waals surface area contributed by atoms with Gasteiger partial charge in [0, 0.05) is 25.2 Å². The van der Waals surface area contributed by atoms with Gasteiger partial charge in [0.2, 0.25) is 0 Å². The Morgan fingerprint density at radius 2 is 2.40 bits per heavy atom. The molecule has 0 bridgehead atoms. The highest BCUT2D eigenvalue weighted by Gasteiger charge is 2.20. The zero-order valence-corrected chi connectivity index (χ0v) is 9.19. The van der Waals surface area contributed by atoms with E-state index in [0.29, 0.717) is 6.04 Å². The molecular weight excluding hydrogens is 190 g/mol. The molecule has 15 heavy (non-hydrogen) atoms. The van der Waals surface area contributed by atoms with Crippen molar-refractivity contribution >= 4 is 0 Å². The second kappa shape index (κ2) is 5.23. The van der Waals surface area contributed by atoms with E-state index in [1.807, 2.05) is 4.68 Å². The lowest BCUT2D eigenvalue weighted by Crippen LogP contribution is -2.38. The van der Waals surface area contributed by atoms with E-state index in [2.05, 4.69) is 27.6 Å². The number of hydrogen-bond acceptors (Lipinski definition) is 4. The summed E-state index contributed by atoms with van der Waals surface area (Å²) >= 11 is 0. The first-order valence-electron chi connectivity index (χ1n) is 5.64. The standard InChI is InChI=1S/C10H19N5/c1-9(6-13-10-2-3-10)12-4-5-15-8-11-7-14-15/h7-10,12-13H,2-6H2,1H3. The van der Waals surface area contributed by atoms with Gasteiger partial charge in [-0.3, -0.25) is 4.68 Å². The van der Waals surface area contributed by atoms with E-state index in [0.717, 1.165) is 25.7 Å². The van der Waals surface area contributed by atoms with E-state index in [1.165, 1.54) is 12.8 Å². The Morgan fingerprint density at radius 3 is 3.07 bits per heavy atom. The first kappa shape index (κ1) is 10.6. The summed E-state index contributed by atoms with van der Waals surface area (Å²) in [7, 11) is 0. The highest BCUT2D eigenvalue weighted by atomic mass is 15.3. The summed E-state index contributed by atoms with van der Waals surface area (Å²) in [6.45, 7) is 5.09. The highest BCUT2D eigenvalue weighted by molar-refractivity contribution is 4.82. The maximum Gasteiger partial charge on any atom is 0.137 e. The van der Waals surface area contributed by atoms with Crippen LogP contribution in [0.4, 0.5) is 0 Å². The molecule has 0 amide bonds. The molecule has 1 fully saturated rings. The number of hydrogen-bond donors (Lipinski definition) is 2. The molecule has 5 heteroatoms. The number of nitrogens with one attached hydrogen (secondary N) is 2. The Balaban J connectivity index is 1.52. The summed E-state index contributed by atoms with van der Waals surface area (Å²) in [5.74, 6) is 0. The molecule has 84 valence electrons. The average molecular weight is 209 g/mol. The second-order valence-electron chi connectivity index (χ2n) is 4.20. The number of nitrogens with zero attached hydrogens (tertiary/aromatic N) is 3. The molecule has 1 heterocycles. The second-order valence-corrected chi connectivity index (χ2v) is 4.20. The van der Waals surface area contributed by atoms with Crippen molar-refractivity contribution in [3.63, 3.8) is 0 Å². The van der Waals surface area contributed by atoms with Gasteiger partial charge in [-0.05, 0) is 19.8 Å². The quantitative estimate of drug-likeness (QED) is 0.664. The van der Waals surface area contributed by atoms with Crippen molar-refractivity contribution in [2.75, 3.05) is 13.1 Å². The molecule has 5 nitrogen and oxygen atoms in total. The van der Waals surface area contributed by atoms with Crippen LogP contribution in [0.25, 0.3) is 0 Å². The fourth-order valence-corrected chi connectivity index (χ4v) is 1.48. The number of aromatic nitrogens is 3. The lowest BCUT2D eigenvalue weighted by molar-refractivity contribution is 0.469. The summed E-state index contributed by atoms with van der Waals surface area (Å²) in [6, 6.07) is 1.32. The molecule has 2 rings (SSSR count). The summed E-state index contributed by atoms with van der Waals surface area (Å²) in [6.07, 6.45) is 6.02. The third kappa shape index (κ3) is 3.97. The Kier molecular flexibility index (Phi) is 3.69. The maximum atomic E-state index is 4.05. The smallest absolute Gasteiger partial charge is 0.137 e. The van der Waals surface area contributed by atoms with E-state index < -0.39 is 0 Å². The fourth-order valence-electron chi connectivity index (χ4n) is 1.48. The zero-order chi connectivity index (χ0) is 10.5. The van der Waals surface area contributed by atoms with Crippen LogP contribution in [-0.2, 0) is 6.54 Å². The minimum atomic E-state index is 0.522. The Labute approximate surface area is 90.3 Å². The van der Waals surface area contributed by atoms with E-state index in [-0.39, 0.29) is 0 Å². The van der Waals surface area contributed by atoms with Gasteiger partial charge in [-0.25, -0.2) is 4.98 Å². The Hall–Kier alpha value is -0.940. The van der Waals surface area contributed by atoms with E-state index in [4.69, 9.17) is 0 Å². The van der Waals surface area contributed by atoms with Gasteiger partial charge in [-0.1, -0.05) is 0 Å². The predicted molar refractivity (Wildman–Crippen MR) is 58.5 cm³/mol. The molecule has 0 aromatic carbocycles. The van der Waals surface area contributed by atoms with E-state index in [1.54, 1.807) is 12.7 Å². The molecule has 1 aromatic heterocycles. The van der Waals surface area contributed by atoms with Gasteiger partial charge in [0.25, 0.3) is 0 Å². The van der Waals surface area contributed by atoms with Gasteiger partial charge in [-0.15, -0.1) is 0 Å². The van der Waals surface area contributed by atoms with Gasteiger partial charge in [0.05, 0.1) is 6.54 Å². The third-order valence-corrected chi connectivity index (χ3v) is 2.59. The van der Waals surface area contributed by atoms with E-state index in [9.17, 15) is 0 Å². The summed E-state index contributed by atoms with van der Waals surface area (Å²) < 4.78 is 1.84. The summed E-state index contributed by atoms with van der Waals surface area (Å²) in [5, 5.41) is 11.0. The first-order chi connectivity index (χ1) is 7.34. The van der Waals surface area contributed by atoms with Crippen LogP contribution in [-0.4, -0.2) is 39.9 Å². The van der Waals surface area contributed by atoms with Crippen LogP contribution >= 0.6 is 0 Å². The molecule has 0 spiro atoms. The van der Waals surface area contributed by atoms with E-state index >= 15 is 0 Å². The van der Waals surface area contributed by atoms with Gasteiger partial charge in [-0.2, -0.15) is 5.10 Å². The van der Waals surface area contributed by atoms with Gasteiger partial charge in [0.1, 0.15) is 12.7 Å². The Morgan fingerprint density at radius 1 is 1.53 bits per heavy atom. The molecule has 1 atom stereocenters.